The molecule has 74 valence electrons. The average Bonchev–Trinajstić information content (AvgIpc) is 2.17. The van der Waals surface area contributed by atoms with Crippen molar-refractivity contribution < 1.29 is 0 Å². The Hall–Kier alpha value is -1.63. The molecule has 0 heterocycles. The van der Waals surface area contributed by atoms with Crippen molar-refractivity contribution >= 4 is 6.21 Å². The third-order valence-electron chi connectivity index (χ3n) is 1.54. The van der Waals surface area contributed by atoms with Gasteiger partial charge in [0.25, 0.3) is 0 Å². The molecule has 0 bridgehead atoms. The van der Waals surface area contributed by atoms with Gasteiger partial charge in [-0.3, -0.25) is 4.99 Å². The van der Waals surface area contributed by atoms with Crippen LogP contribution in [0.5, 0.6) is 0 Å². The summed E-state index contributed by atoms with van der Waals surface area (Å²) in [6.45, 7) is 9.33. The van der Waals surface area contributed by atoms with E-state index in [9.17, 15) is 0 Å². The zero-order chi connectivity index (χ0) is 10.8. The molecule has 0 spiro atoms. The van der Waals surface area contributed by atoms with Gasteiger partial charge in [0.05, 0.1) is 0 Å². The monoisotopic (exact) mass is 187 g/mol. The predicted molar refractivity (Wildman–Crippen MR) is 65.8 cm³/mol. The Balaban J connectivity index is 5.12. The molecule has 0 aliphatic carbocycles. The Bertz CT molecular complexity index is 269. The van der Waals surface area contributed by atoms with Crippen molar-refractivity contribution in [2.75, 3.05) is 7.05 Å². The molecule has 0 saturated heterocycles. The number of rotatable bonds is 5. The normalized spacial score (nSPS) is 13.9. The minimum atomic E-state index is 1.03. The third kappa shape index (κ3) is 4.41. The molecule has 0 rings (SSSR count). The van der Waals surface area contributed by atoms with Crippen molar-refractivity contribution in [3.63, 3.8) is 0 Å². The van der Waals surface area contributed by atoms with Crippen LogP contribution in [0.1, 0.15) is 6.92 Å². The molecule has 1 nitrogen and oxygen atoms in total. The summed E-state index contributed by atoms with van der Waals surface area (Å²) in [4.78, 5) is 3.99. The molecular formula is C13H17N. The standard InChI is InChI=1S/C13H17N/c1-5-8-12(9-6-2)13(10-7-3)11-14-4/h5-11H,1,3H2,2,4H3/b9-6-,12-8-,13-10+,14-11-. The van der Waals surface area contributed by atoms with Gasteiger partial charge in [-0.2, -0.15) is 0 Å². The molecule has 0 amide bonds. The fraction of sp³-hybridized carbons (Fsp3) is 0.154. The van der Waals surface area contributed by atoms with Crippen LogP contribution in [0.4, 0.5) is 0 Å². The van der Waals surface area contributed by atoms with Crippen molar-refractivity contribution in [2.24, 2.45) is 4.99 Å². The van der Waals surface area contributed by atoms with Gasteiger partial charge in [-0.25, -0.2) is 0 Å². The third-order valence-corrected chi connectivity index (χ3v) is 1.54. The van der Waals surface area contributed by atoms with Gasteiger partial charge in [-0.05, 0) is 18.1 Å². The molecule has 0 saturated carbocycles. The number of aliphatic imine (C=N–C) groups is 1. The van der Waals surface area contributed by atoms with E-state index in [1.54, 1.807) is 25.4 Å². The molecule has 0 aromatic rings. The van der Waals surface area contributed by atoms with Gasteiger partial charge in [-0.1, -0.05) is 49.6 Å². The van der Waals surface area contributed by atoms with E-state index in [1.165, 1.54) is 0 Å². The molecule has 0 unspecified atom stereocenters. The summed E-state index contributed by atoms with van der Waals surface area (Å²) in [7, 11) is 1.75. The van der Waals surface area contributed by atoms with Gasteiger partial charge in [0.2, 0.25) is 0 Å². The van der Waals surface area contributed by atoms with Crippen molar-refractivity contribution in [3.8, 4) is 0 Å². The average molecular weight is 187 g/mol. The number of hydrogen-bond acceptors (Lipinski definition) is 1. The quantitative estimate of drug-likeness (QED) is 0.461. The lowest BCUT2D eigenvalue weighted by Gasteiger charge is -2.00. The van der Waals surface area contributed by atoms with E-state index in [4.69, 9.17) is 0 Å². The van der Waals surface area contributed by atoms with Crippen LogP contribution in [-0.2, 0) is 0 Å². The maximum atomic E-state index is 3.99. The molecule has 0 aromatic carbocycles. The molecule has 0 aliphatic rings. The van der Waals surface area contributed by atoms with Crippen LogP contribution in [0, 0.1) is 0 Å². The zero-order valence-electron chi connectivity index (χ0n) is 8.90. The number of nitrogens with zero attached hydrogens (tertiary/aromatic N) is 1. The Kier molecular flexibility index (Phi) is 7.06. The van der Waals surface area contributed by atoms with Gasteiger partial charge in [0, 0.05) is 13.3 Å². The van der Waals surface area contributed by atoms with E-state index < -0.39 is 0 Å². The second-order valence-electron chi connectivity index (χ2n) is 2.60. The molecule has 0 fully saturated rings. The Morgan fingerprint density at radius 3 is 2.07 bits per heavy atom. The fourth-order valence-corrected chi connectivity index (χ4v) is 1.03. The highest BCUT2D eigenvalue weighted by molar-refractivity contribution is 5.86. The maximum Gasteiger partial charge on any atom is 0.0287 e. The molecule has 0 atom stereocenters. The summed E-state index contributed by atoms with van der Waals surface area (Å²) in [5.41, 5.74) is 2.11. The molecule has 0 aromatic heterocycles. The van der Waals surface area contributed by atoms with Crippen molar-refractivity contribution in [1.29, 1.82) is 0 Å². The van der Waals surface area contributed by atoms with Crippen molar-refractivity contribution in [2.45, 2.75) is 6.92 Å². The molecule has 14 heavy (non-hydrogen) atoms. The van der Waals surface area contributed by atoms with E-state index in [-0.39, 0.29) is 0 Å². The van der Waals surface area contributed by atoms with E-state index in [0.717, 1.165) is 11.1 Å². The molecule has 0 N–H and O–H groups in total. The molecule has 1 heteroatoms. The van der Waals surface area contributed by atoms with E-state index in [1.807, 2.05) is 31.2 Å². The highest BCUT2D eigenvalue weighted by atomic mass is 14.6. The van der Waals surface area contributed by atoms with Crippen LogP contribution in [0.15, 0.2) is 65.8 Å². The Morgan fingerprint density at radius 2 is 1.64 bits per heavy atom. The topological polar surface area (TPSA) is 12.4 Å². The fourth-order valence-electron chi connectivity index (χ4n) is 1.03. The summed E-state index contributed by atoms with van der Waals surface area (Å²) >= 11 is 0. The van der Waals surface area contributed by atoms with Crippen molar-refractivity contribution in [1.82, 2.24) is 0 Å². The molecule has 0 aliphatic heterocycles. The van der Waals surface area contributed by atoms with E-state index in [0.29, 0.717) is 0 Å². The smallest absolute Gasteiger partial charge is 0.0287 e. The van der Waals surface area contributed by atoms with Crippen LogP contribution >= 0.6 is 0 Å². The summed E-state index contributed by atoms with van der Waals surface area (Å²) in [6, 6.07) is 0. The Labute approximate surface area is 86.6 Å². The van der Waals surface area contributed by atoms with Gasteiger partial charge in [-0.15, -0.1) is 0 Å². The van der Waals surface area contributed by atoms with Gasteiger partial charge >= 0.3 is 0 Å². The first-order valence-electron chi connectivity index (χ1n) is 4.50. The van der Waals surface area contributed by atoms with E-state index >= 15 is 0 Å². The highest BCUT2D eigenvalue weighted by Crippen LogP contribution is 2.10. The largest absolute Gasteiger partial charge is 0.296 e. The van der Waals surface area contributed by atoms with Gasteiger partial charge in [0.1, 0.15) is 0 Å². The second kappa shape index (κ2) is 7.99. The maximum absolute atomic E-state index is 3.99. The lowest BCUT2D eigenvalue weighted by molar-refractivity contribution is 1.45. The van der Waals surface area contributed by atoms with Crippen LogP contribution < -0.4 is 0 Å². The van der Waals surface area contributed by atoms with Gasteiger partial charge in [0.15, 0.2) is 0 Å². The van der Waals surface area contributed by atoms with Crippen molar-refractivity contribution in [3.05, 3.63) is 60.8 Å². The molecule has 0 radical (unpaired) electrons. The lowest BCUT2D eigenvalue weighted by Crippen LogP contribution is -1.88. The number of allylic oxidation sites excluding steroid dienone is 8. The number of hydrogen-bond donors (Lipinski definition) is 0. The predicted octanol–water partition coefficient (Wildman–Crippen LogP) is 3.49. The van der Waals surface area contributed by atoms with Crippen LogP contribution in [0.2, 0.25) is 0 Å². The lowest BCUT2D eigenvalue weighted by atomic mass is 10.1. The zero-order valence-corrected chi connectivity index (χ0v) is 8.90. The van der Waals surface area contributed by atoms with Crippen LogP contribution in [0.3, 0.4) is 0 Å². The first-order chi connectivity index (χ1) is 6.79. The van der Waals surface area contributed by atoms with Gasteiger partial charge < -0.3 is 0 Å². The summed E-state index contributed by atoms with van der Waals surface area (Å²) in [5.74, 6) is 0. The SMILES string of the molecule is C=C/C=C(/C=C\C)C(\C=N/C)=C\C=C. The minimum Gasteiger partial charge on any atom is -0.296 e. The summed E-state index contributed by atoms with van der Waals surface area (Å²) in [5, 5.41) is 0. The Morgan fingerprint density at radius 1 is 1.07 bits per heavy atom. The summed E-state index contributed by atoms with van der Waals surface area (Å²) < 4.78 is 0. The highest BCUT2D eigenvalue weighted by Gasteiger charge is 1.95. The minimum absolute atomic E-state index is 1.03. The first-order valence-corrected chi connectivity index (χ1v) is 4.50. The second-order valence-corrected chi connectivity index (χ2v) is 2.60. The van der Waals surface area contributed by atoms with Crippen LogP contribution in [0.25, 0.3) is 0 Å². The van der Waals surface area contributed by atoms with E-state index in [2.05, 4.69) is 18.2 Å². The summed E-state index contributed by atoms with van der Waals surface area (Å²) in [6.07, 6.45) is 13.2. The first kappa shape index (κ1) is 12.4. The molecular weight excluding hydrogens is 170 g/mol. The van der Waals surface area contributed by atoms with Crippen LogP contribution in [-0.4, -0.2) is 13.3 Å².